The zero-order valence-electron chi connectivity index (χ0n) is 54.1. The quantitative estimate of drug-likeness (QED) is 0.00666. The molecule has 1 aliphatic heterocycles. The fourth-order valence-corrected chi connectivity index (χ4v) is 13.2. The summed E-state index contributed by atoms with van der Waals surface area (Å²) in [5.41, 5.74) is 18.2. The van der Waals surface area contributed by atoms with Gasteiger partial charge < -0.3 is 65.9 Å². The second kappa shape index (κ2) is 30.4. The summed E-state index contributed by atoms with van der Waals surface area (Å²) in [5, 5.41) is 81.4. The fourth-order valence-electron chi connectivity index (χ4n) is 12.1. The average Bonchev–Trinajstić information content (AvgIpc) is 1.51. The van der Waals surface area contributed by atoms with Gasteiger partial charge >= 0.3 is 0 Å². The van der Waals surface area contributed by atoms with E-state index in [1.54, 1.807) is 17.4 Å². The number of aromatic nitrogens is 9. The van der Waals surface area contributed by atoms with Crippen LogP contribution < -0.4 is 20.9 Å². The van der Waals surface area contributed by atoms with Gasteiger partial charge in [-0.15, -0.1) is 0 Å². The summed E-state index contributed by atoms with van der Waals surface area (Å²) in [5.74, 6) is -3.55. The third-order valence-corrected chi connectivity index (χ3v) is 18.3. The number of imidazole rings is 2. The maximum Gasteiger partial charge on any atom is 0.263 e. The van der Waals surface area contributed by atoms with E-state index in [9.17, 15) is 40.2 Å². The van der Waals surface area contributed by atoms with Gasteiger partial charge in [-0.25, -0.2) is 39.9 Å². The van der Waals surface area contributed by atoms with Crippen LogP contribution in [0.1, 0.15) is 54.7 Å². The van der Waals surface area contributed by atoms with Crippen molar-refractivity contribution in [3.05, 3.63) is 157 Å². The standard InChI is InChI=1S/C70H72N20O8S/c1-85-52-16-4-5-17-53(52)99-60(85)33-46-25-30-86(51-15-3-2-13-47(46)51)29-9-7-18-54(91)74-26-8-6-14-50(67(73)97)84-57(94)36-88(59(96)38-90-42-83-64-66(72)79-40-81-69(64)90)32-28-76-56(93)35-87(58(95)37-89-41-82-63-65(71)78-39-80-68(63)89)31-27-75-55(92)34-77-70(98)49-24-22-45-20-19-43-11-10-12-44-21-23-48(49)62(45)61(43)44/h2-5,10-13,15-17,19-25,30,33,39-42,50H,6-9,14,18,26-29,31-32,34-38H2,1H3,(H10-,71,72,73,74,75,76,77,78,79,80,81,84,91,92,93,94,97,98)/p+1/t50-/m0/s1. The highest BCUT2D eigenvalue weighted by Crippen LogP contribution is 2.37. The number of benzene rings is 6. The van der Waals surface area contributed by atoms with E-state index in [-0.39, 0.29) is 105 Å². The number of thiazole rings is 1. The fraction of sp³-hybridized carbons (Fsp3) is 0.271. The minimum absolute atomic E-state index is 0.0300. The Morgan fingerprint density at radius 2 is 1.26 bits per heavy atom. The molecule has 6 aromatic carbocycles. The molecule has 5 aromatic heterocycles. The Morgan fingerprint density at radius 3 is 1.95 bits per heavy atom. The summed E-state index contributed by atoms with van der Waals surface area (Å²) in [6.45, 7) is -1.80. The molecule has 6 heterocycles. The molecule has 0 fully saturated rings. The number of aliphatic hydroxyl groups excluding tert-OH is 6. The molecule has 0 unspecified atom stereocenters. The predicted molar refractivity (Wildman–Crippen MR) is 387 cm³/mol. The Bertz CT molecular complexity index is 5040. The molecule has 11 N–H and O–H groups in total. The van der Waals surface area contributed by atoms with Crippen LogP contribution in [0.4, 0.5) is 17.3 Å². The molecule has 1 aliphatic rings. The lowest BCUT2D eigenvalue weighted by Crippen LogP contribution is -2.41. The third-order valence-electron chi connectivity index (χ3n) is 17.2. The van der Waals surface area contributed by atoms with Crippen LogP contribution in [0.3, 0.4) is 0 Å². The molecule has 12 rings (SSSR count). The highest BCUT2D eigenvalue weighted by atomic mass is 32.1. The van der Waals surface area contributed by atoms with E-state index in [4.69, 9.17) is 16.9 Å². The van der Waals surface area contributed by atoms with Crippen molar-refractivity contribution in [2.45, 2.75) is 57.7 Å². The first kappa shape index (κ1) is 67.0. The highest BCUT2D eigenvalue weighted by molar-refractivity contribution is 7.18. The van der Waals surface area contributed by atoms with E-state index in [2.05, 4.69) is 132 Å². The topological polar surface area (TPSA) is 394 Å². The molecule has 0 saturated heterocycles. The van der Waals surface area contributed by atoms with Crippen molar-refractivity contribution in [3.8, 4) is 0 Å². The van der Waals surface area contributed by atoms with E-state index in [1.165, 1.54) is 54.5 Å². The number of aliphatic hydroxyl groups is 6. The number of fused-ring (bicyclic) bond motifs is 4. The number of hydrogen-bond acceptors (Lipinski definition) is 18. The van der Waals surface area contributed by atoms with Crippen LogP contribution in [0, 0.1) is 5.41 Å². The summed E-state index contributed by atoms with van der Waals surface area (Å²) in [6, 6.07) is 33.3. The largest absolute Gasteiger partial charge is 0.497 e. The second-order valence-corrected chi connectivity index (χ2v) is 24.8. The van der Waals surface area contributed by atoms with E-state index < -0.39 is 54.5 Å². The number of rotatable bonds is 30. The first-order valence-electron chi connectivity index (χ1n) is 32.2. The number of para-hydroxylation sites is 2. The molecule has 0 saturated carbocycles. The van der Waals surface area contributed by atoms with Crippen LogP contribution in [0.15, 0.2) is 166 Å². The Balaban J connectivity index is 0.663. The van der Waals surface area contributed by atoms with Gasteiger partial charge in [0, 0.05) is 67.8 Å². The lowest BCUT2D eigenvalue weighted by Gasteiger charge is -2.27. The second-order valence-electron chi connectivity index (χ2n) is 23.7. The zero-order valence-corrected chi connectivity index (χ0v) is 54.9. The lowest BCUT2D eigenvalue weighted by atomic mass is 9.92. The maximum atomic E-state index is 14.2. The van der Waals surface area contributed by atoms with Gasteiger partial charge in [-0.2, -0.15) is 4.57 Å². The molecule has 0 bridgehead atoms. The van der Waals surface area contributed by atoms with Crippen molar-refractivity contribution in [1.82, 2.24) is 48.8 Å². The molecule has 506 valence electrons. The van der Waals surface area contributed by atoms with Crippen molar-refractivity contribution in [2.24, 2.45) is 32.0 Å². The van der Waals surface area contributed by atoms with Gasteiger partial charge in [0.25, 0.3) is 5.01 Å². The van der Waals surface area contributed by atoms with E-state index in [0.717, 1.165) is 67.1 Å². The summed E-state index contributed by atoms with van der Waals surface area (Å²) in [7, 11) is 2.09. The van der Waals surface area contributed by atoms with Crippen LogP contribution >= 0.6 is 11.3 Å². The molecule has 1 atom stereocenters. The summed E-state index contributed by atoms with van der Waals surface area (Å²) in [6.07, 6.45) is 14.6. The molecule has 29 heteroatoms. The SMILES string of the molecule is C[n+]1c(C=C2C=CN(CCCCC(O)=NCCCC[C@H](N=C(O)CN(CCN=C(O)CN(CCN=C(O)CN=C(O)c3ccc4ccc5cccc6ccc3c4c56)C(=O)Cn3cnc4c(N)ncnc43)C(=O)Cn3cnc4c(N)ncnc43)C(=N)O)c3ccccc32)sc2ccccc21. The van der Waals surface area contributed by atoms with Crippen molar-refractivity contribution >= 4 is 152 Å². The van der Waals surface area contributed by atoms with Gasteiger partial charge in [0.2, 0.25) is 46.8 Å². The monoisotopic (exact) mass is 1350 g/mol. The van der Waals surface area contributed by atoms with Crippen LogP contribution in [0.25, 0.3) is 76.5 Å². The van der Waals surface area contributed by atoms with Crippen LogP contribution in [-0.4, -0.2) is 192 Å². The van der Waals surface area contributed by atoms with Gasteiger partial charge in [0.15, 0.2) is 28.8 Å². The number of unbranched alkanes of at least 4 members (excludes halogenated alkanes) is 2. The molecular weight excluding hydrogens is 1280 g/mol. The number of nitrogens with one attached hydrogen (secondary N) is 1. The van der Waals surface area contributed by atoms with Crippen molar-refractivity contribution in [3.63, 3.8) is 0 Å². The number of anilines is 3. The molecule has 28 nitrogen and oxygen atoms in total. The first-order chi connectivity index (χ1) is 48.0. The Kier molecular flexibility index (Phi) is 20.6. The molecule has 0 aliphatic carbocycles. The Labute approximate surface area is 570 Å². The molecule has 99 heavy (non-hydrogen) atoms. The molecule has 0 spiro atoms. The average molecular weight is 1350 g/mol. The minimum atomic E-state index is -1.18. The smallest absolute Gasteiger partial charge is 0.263 e. The summed E-state index contributed by atoms with van der Waals surface area (Å²) >= 11 is 1.76. The van der Waals surface area contributed by atoms with Gasteiger partial charge in [-0.3, -0.25) is 30.0 Å². The molecule has 11 aromatic rings. The Hall–Kier alpha value is -12.0. The summed E-state index contributed by atoms with van der Waals surface area (Å²) in [4.78, 5) is 79.3. The number of aliphatic imine (C=N–C) groups is 5. The minimum Gasteiger partial charge on any atom is -0.497 e. The van der Waals surface area contributed by atoms with Gasteiger partial charge in [0.05, 0.1) is 38.8 Å². The van der Waals surface area contributed by atoms with Crippen LogP contribution in [0.2, 0.25) is 0 Å². The number of hydrogen-bond donors (Lipinski definition) is 9. The lowest BCUT2D eigenvalue weighted by molar-refractivity contribution is -0.642. The van der Waals surface area contributed by atoms with E-state index in [0.29, 0.717) is 31.2 Å². The number of nitrogens with zero attached hydrogens (tertiary/aromatic N) is 17. The Morgan fingerprint density at radius 1 is 0.646 bits per heavy atom. The van der Waals surface area contributed by atoms with E-state index in [1.807, 2.05) is 54.6 Å². The first-order valence-corrected chi connectivity index (χ1v) is 33.0. The number of amides is 2. The van der Waals surface area contributed by atoms with Crippen LogP contribution in [0.5, 0.6) is 0 Å². The van der Waals surface area contributed by atoms with Crippen molar-refractivity contribution in [2.75, 3.05) is 75.3 Å². The van der Waals surface area contributed by atoms with Crippen molar-refractivity contribution in [1.29, 1.82) is 5.41 Å². The normalized spacial score (nSPS) is 14.1. The number of carbonyl (C=O) groups excluding carboxylic acids is 2. The van der Waals surface area contributed by atoms with Crippen LogP contribution in [-0.2, 0) is 29.7 Å². The number of nitrogens with two attached hydrogens (primary N) is 2. The number of aryl methyl sites for hydroxylation is 1. The number of carbonyl (C=O) groups is 2. The summed E-state index contributed by atoms with van der Waals surface area (Å²) < 4.78 is 6.34. The maximum absolute atomic E-state index is 14.2. The predicted octanol–water partition coefficient (Wildman–Crippen LogP) is 9.07. The van der Waals surface area contributed by atoms with Gasteiger partial charge in [0.1, 0.15) is 61.1 Å². The van der Waals surface area contributed by atoms with Crippen molar-refractivity contribution < 1.29 is 44.8 Å². The third kappa shape index (κ3) is 15.5. The highest BCUT2D eigenvalue weighted by Gasteiger charge is 2.25. The van der Waals surface area contributed by atoms with Gasteiger partial charge in [-0.05, 0) is 94.3 Å². The van der Waals surface area contributed by atoms with E-state index >= 15 is 0 Å². The number of nitrogen functional groups attached to an aromatic ring is 2. The zero-order chi connectivity index (χ0) is 69.1. The van der Waals surface area contributed by atoms with Gasteiger partial charge in [-0.1, -0.05) is 90.2 Å². The number of allylic oxidation sites excluding steroid dienone is 2. The molecule has 0 radical (unpaired) electrons. The molecule has 2 amide bonds. The molecular formula is C70H73N20O8S+.